The van der Waals surface area contributed by atoms with Crippen LogP contribution in [0.15, 0.2) is 0 Å². The zero-order valence-corrected chi connectivity index (χ0v) is 2.95. The maximum Gasteiger partial charge on any atom is 0.239 e. The van der Waals surface area contributed by atoms with Crippen molar-refractivity contribution in [3.05, 3.63) is 6.17 Å². The van der Waals surface area contributed by atoms with Gasteiger partial charge in [0, 0.05) is 0 Å². The van der Waals surface area contributed by atoms with Crippen molar-refractivity contribution in [1.29, 1.82) is 0 Å². The second-order valence-electron chi connectivity index (χ2n) is 1.07. The van der Waals surface area contributed by atoms with Crippen molar-refractivity contribution in [3.8, 4) is 0 Å². The maximum atomic E-state index is 11.3. The number of hydrogen-bond donors (Lipinski definition) is 0. The molecule has 35 valence electrons. The Morgan fingerprint density at radius 3 is 2.33 bits per heavy atom. The first-order chi connectivity index (χ1) is 2.80. The molecule has 0 aromatic rings. The molecule has 0 spiro atoms. The molecule has 1 unspecified atom stereocenters. The molecule has 1 radical (unpaired) electrons. The standard InChI is InChI=1S/C3H3F2O/c4-2-1-6-3(2)5/h3H,1H2. The van der Waals surface area contributed by atoms with Gasteiger partial charge < -0.3 is 4.74 Å². The molecule has 0 saturated carbocycles. The van der Waals surface area contributed by atoms with Crippen molar-refractivity contribution in [2.75, 3.05) is 6.61 Å². The molecule has 1 aliphatic heterocycles. The van der Waals surface area contributed by atoms with Gasteiger partial charge >= 0.3 is 0 Å². The van der Waals surface area contributed by atoms with E-state index in [0.29, 0.717) is 0 Å². The highest BCUT2D eigenvalue weighted by Crippen LogP contribution is 2.23. The lowest BCUT2D eigenvalue weighted by Gasteiger charge is -2.21. The zero-order chi connectivity index (χ0) is 4.57. The van der Waals surface area contributed by atoms with Crippen molar-refractivity contribution >= 4 is 0 Å². The second-order valence-corrected chi connectivity index (χ2v) is 1.07. The Morgan fingerprint density at radius 1 is 1.83 bits per heavy atom. The Bertz CT molecular complexity index is 48.8. The van der Waals surface area contributed by atoms with Crippen LogP contribution in [0.5, 0.6) is 0 Å². The van der Waals surface area contributed by atoms with Gasteiger partial charge in [-0.15, -0.1) is 0 Å². The maximum absolute atomic E-state index is 11.3. The van der Waals surface area contributed by atoms with Gasteiger partial charge in [0.05, 0.1) is 6.61 Å². The van der Waals surface area contributed by atoms with E-state index in [1.54, 1.807) is 0 Å². The monoisotopic (exact) mass is 93.0 g/mol. The van der Waals surface area contributed by atoms with Gasteiger partial charge in [0.2, 0.25) is 12.5 Å². The van der Waals surface area contributed by atoms with E-state index in [9.17, 15) is 8.78 Å². The van der Waals surface area contributed by atoms with Crippen molar-refractivity contribution in [3.63, 3.8) is 0 Å². The third-order valence-corrected chi connectivity index (χ3v) is 0.614. The van der Waals surface area contributed by atoms with E-state index >= 15 is 0 Å². The van der Waals surface area contributed by atoms with Gasteiger partial charge in [-0.05, 0) is 0 Å². The van der Waals surface area contributed by atoms with Crippen molar-refractivity contribution in [2.24, 2.45) is 0 Å². The molecule has 1 aliphatic rings. The van der Waals surface area contributed by atoms with E-state index < -0.39 is 12.5 Å². The Balaban J connectivity index is 2.20. The first kappa shape index (κ1) is 3.99. The van der Waals surface area contributed by atoms with Gasteiger partial charge in [-0.3, -0.25) is 0 Å². The molecule has 0 bridgehead atoms. The molecule has 0 aromatic carbocycles. The first-order valence-electron chi connectivity index (χ1n) is 1.57. The van der Waals surface area contributed by atoms with E-state index in [4.69, 9.17) is 0 Å². The normalized spacial score (nSPS) is 36.0. The molecule has 3 heteroatoms. The molecule has 1 fully saturated rings. The minimum absolute atomic E-state index is 0.152. The van der Waals surface area contributed by atoms with Gasteiger partial charge in [-0.25, -0.2) is 8.78 Å². The fourth-order valence-electron chi connectivity index (χ4n) is 0.209. The summed E-state index contributed by atoms with van der Waals surface area (Å²) in [6, 6.07) is 0. The molecule has 0 amide bonds. The van der Waals surface area contributed by atoms with Crippen LogP contribution in [0, 0.1) is 6.17 Å². The van der Waals surface area contributed by atoms with Crippen LogP contribution in [0.25, 0.3) is 0 Å². The summed E-state index contributed by atoms with van der Waals surface area (Å²) in [5.41, 5.74) is 0. The third kappa shape index (κ3) is 0.391. The Morgan fingerprint density at radius 2 is 2.33 bits per heavy atom. The number of rotatable bonds is 0. The first-order valence-corrected chi connectivity index (χ1v) is 1.57. The Hall–Kier alpha value is -0.180. The predicted octanol–water partition coefficient (Wildman–Crippen LogP) is 0.814. The average molecular weight is 93.1 g/mol. The summed E-state index contributed by atoms with van der Waals surface area (Å²) in [4.78, 5) is 0. The van der Waals surface area contributed by atoms with Gasteiger partial charge in [0.15, 0.2) is 0 Å². The fraction of sp³-hybridized carbons (Fsp3) is 0.667. The predicted molar refractivity (Wildman–Crippen MR) is 15.2 cm³/mol. The minimum Gasteiger partial charge on any atom is -0.342 e. The van der Waals surface area contributed by atoms with E-state index in [0.717, 1.165) is 0 Å². The highest BCUT2D eigenvalue weighted by atomic mass is 19.2. The molecule has 1 atom stereocenters. The molecule has 0 N–H and O–H groups in total. The van der Waals surface area contributed by atoms with Crippen LogP contribution in [-0.4, -0.2) is 13.0 Å². The number of alkyl halides is 1. The van der Waals surface area contributed by atoms with E-state index in [2.05, 4.69) is 4.74 Å². The summed E-state index contributed by atoms with van der Waals surface area (Å²) in [6.45, 7) is -0.152. The lowest BCUT2D eigenvalue weighted by atomic mass is 10.3. The summed E-state index contributed by atoms with van der Waals surface area (Å²) in [7, 11) is 0. The highest BCUT2D eigenvalue weighted by Gasteiger charge is 2.33. The van der Waals surface area contributed by atoms with E-state index in [-0.39, 0.29) is 6.61 Å². The number of halogens is 2. The fourth-order valence-corrected chi connectivity index (χ4v) is 0.209. The number of hydrogen-bond acceptors (Lipinski definition) is 1. The summed E-state index contributed by atoms with van der Waals surface area (Å²) < 4.78 is 26.6. The SMILES string of the molecule is F[C]1COC1F. The van der Waals surface area contributed by atoms with Crippen LogP contribution in [-0.2, 0) is 4.74 Å². The molecular weight excluding hydrogens is 90.0 g/mol. The average Bonchev–Trinajstić information content (AvgIpc) is 1.61. The molecule has 0 aromatic heterocycles. The quantitative estimate of drug-likeness (QED) is 0.430. The number of ether oxygens (including phenoxy) is 1. The Labute approximate surface area is 33.9 Å². The van der Waals surface area contributed by atoms with Gasteiger partial charge in [-0.2, -0.15) is 0 Å². The van der Waals surface area contributed by atoms with E-state index in [1.165, 1.54) is 0 Å². The van der Waals surface area contributed by atoms with Crippen molar-refractivity contribution < 1.29 is 13.5 Å². The van der Waals surface area contributed by atoms with Crippen LogP contribution in [0.4, 0.5) is 8.78 Å². The molecule has 1 heterocycles. The van der Waals surface area contributed by atoms with Gasteiger partial charge in [0.1, 0.15) is 0 Å². The Kier molecular flexibility index (Phi) is 0.765. The highest BCUT2D eigenvalue weighted by molar-refractivity contribution is 4.88. The molecule has 6 heavy (non-hydrogen) atoms. The van der Waals surface area contributed by atoms with Crippen molar-refractivity contribution in [2.45, 2.75) is 6.36 Å². The summed E-state index contributed by atoms with van der Waals surface area (Å²) in [5, 5.41) is 0. The van der Waals surface area contributed by atoms with Crippen LogP contribution in [0.1, 0.15) is 0 Å². The smallest absolute Gasteiger partial charge is 0.239 e. The van der Waals surface area contributed by atoms with Gasteiger partial charge in [0.25, 0.3) is 0 Å². The van der Waals surface area contributed by atoms with Gasteiger partial charge in [-0.1, -0.05) is 0 Å². The van der Waals surface area contributed by atoms with Crippen LogP contribution in [0.3, 0.4) is 0 Å². The lowest BCUT2D eigenvalue weighted by Crippen LogP contribution is -2.30. The molecule has 1 saturated heterocycles. The lowest BCUT2D eigenvalue weighted by molar-refractivity contribution is -0.137. The molecule has 1 nitrogen and oxygen atoms in total. The molecule has 1 rings (SSSR count). The third-order valence-electron chi connectivity index (χ3n) is 0.614. The zero-order valence-electron chi connectivity index (χ0n) is 2.95. The van der Waals surface area contributed by atoms with Crippen LogP contribution >= 0.6 is 0 Å². The van der Waals surface area contributed by atoms with Crippen LogP contribution in [0.2, 0.25) is 0 Å². The van der Waals surface area contributed by atoms with Crippen LogP contribution < -0.4 is 0 Å². The molecular formula is C3H3F2O. The summed E-state index contributed by atoms with van der Waals surface area (Å²) >= 11 is 0. The second kappa shape index (κ2) is 1.15. The van der Waals surface area contributed by atoms with Crippen molar-refractivity contribution in [1.82, 2.24) is 0 Å². The largest absolute Gasteiger partial charge is 0.342 e. The topological polar surface area (TPSA) is 9.23 Å². The molecule has 0 aliphatic carbocycles. The summed E-state index contributed by atoms with van der Waals surface area (Å²) in [5.74, 6) is 0. The minimum atomic E-state index is -1.72. The summed E-state index contributed by atoms with van der Waals surface area (Å²) in [6.07, 6.45) is -2.42. The van der Waals surface area contributed by atoms with E-state index in [1.807, 2.05) is 0 Å².